The minimum atomic E-state index is 1.04. The normalized spacial score (nSPS) is 11.8. The molecule has 3 heteroatoms. The molecule has 0 N–H and O–H groups in total. The highest BCUT2D eigenvalue weighted by molar-refractivity contribution is 6.09. The van der Waals surface area contributed by atoms with Gasteiger partial charge in [-0.1, -0.05) is 137 Å². The molecule has 7 rings (SSSR count). The van der Waals surface area contributed by atoms with Crippen molar-refractivity contribution < 1.29 is 0 Å². The van der Waals surface area contributed by atoms with Crippen molar-refractivity contribution in [3.8, 4) is 0 Å². The SMILES string of the molecule is CCCCCCCCCCn1c2ccccc2c2cc(/C=N\N(c3ccc4ccccc4c3)c3ccc4ccccc4c3)ccc21. The van der Waals surface area contributed by atoms with Crippen molar-refractivity contribution in [2.45, 2.75) is 64.8 Å². The molecule has 0 aliphatic carbocycles. The first-order valence-electron chi connectivity index (χ1n) is 17.1. The molecule has 0 unspecified atom stereocenters. The number of aromatic nitrogens is 1. The minimum Gasteiger partial charge on any atom is -0.340 e. The maximum Gasteiger partial charge on any atom is 0.0659 e. The van der Waals surface area contributed by atoms with Crippen LogP contribution in [0.4, 0.5) is 11.4 Å². The number of rotatable bonds is 13. The molecular weight excluding hydrogens is 558 g/mol. The van der Waals surface area contributed by atoms with Crippen LogP contribution >= 0.6 is 0 Å². The van der Waals surface area contributed by atoms with Gasteiger partial charge in [0.2, 0.25) is 0 Å². The lowest BCUT2D eigenvalue weighted by molar-refractivity contribution is 0.553. The summed E-state index contributed by atoms with van der Waals surface area (Å²) in [6.07, 6.45) is 12.7. The Kier molecular flexibility index (Phi) is 9.09. The predicted octanol–water partition coefficient (Wildman–Crippen LogP) is 12.4. The molecule has 46 heavy (non-hydrogen) atoms. The lowest BCUT2D eigenvalue weighted by atomic mass is 10.1. The first kappa shape index (κ1) is 29.8. The van der Waals surface area contributed by atoms with Crippen LogP contribution in [0.1, 0.15) is 63.9 Å². The highest BCUT2D eigenvalue weighted by atomic mass is 15.5. The number of hydrogen-bond donors (Lipinski definition) is 0. The second-order valence-corrected chi connectivity index (χ2v) is 12.5. The zero-order chi connectivity index (χ0) is 31.1. The summed E-state index contributed by atoms with van der Waals surface area (Å²) in [5, 5.41) is 14.7. The van der Waals surface area contributed by atoms with E-state index in [1.165, 1.54) is 94.7 Å². The molecule has 0 amide bonds. The Bertz CT molecular complexity index is 2040. The Morgan fingerprint density at radius 3 is 1.76 bits per heavy atom. The third kappa shape index (κ3) is 6.41. The Morgan fingerprint density at radius 1 is 0.522 bits per heavy atom. The molecule has 0 aliphatic heterocycles. The van der Waals surface area contributed by atoms with Gasteiger partial charge in [0.1, 0.15) is 0 Å². The maximum absolute atomic E-state index is 5.14. The Labute approximate surface area is 272 Å². The molecule has 1 aromatic heterocycles. The van der Waals surface area contributed by atoms with E-state index in [-0.39, 0.29) is 0 Å². The molecule has 0 aliphatic rings. The van der Waals surface area contributed by atoms with Crippen molar-refractivity contribution in [3.63, 3.8) is 0 Å². The Balaban J connectivity index is 1.19. The number of para-hydroxylation sites is 1. The van der Waals surface area contributed by atoms with Gasteiger partial charge in [0.05, 0.1) is 17.6 Å². The topological polar surface area (TPSA) is 20.5 Å². The van der Waals surface area contributed by atoms with Gasteiger partial charge in [-0.25, -0.2) is 5.01 Å². The second kappa shape index (κ2) is 14.0. The smallest absolute Gasteiger partial charge is 0.0659 e. The lowest BCUT2D eigenvalue weighted by Gasteiger charge is -2.20. The summed E-state index contributed by atoms with van der Waals surface area (Å²) in [7, 11) is 0. The van der Waals surface area contributed by atoms with Gasteiger partial charge in [-0.15, -0.1) is 0 Å². The molecule has 3 nitrogen and oxygen atoms in total. The van der Waals surface area contributed by atoms with Crippen LogP contribution in [0.15, 0.2) is 132 Å². The minimum absolute atomic E-state index is 1.04. The van der Waals surface area contributed by atoms with E-state index in [0.717, 1.165) is 23.5 Å². The quantitative estimate of drug-likeness (QED) is 0.0731. The number of fused-ring (bicyclic) bond motifs is 5. The predicted molar refractivity (Wildman–Crippen MR) is 200 cm³/mol. The highest BCUT2D eigenvalue weighted by Crippen LogP contribution is 2.33. The average molecular weight is 602 g/mol. The summed E-state index contributed by atoms with van der Waals surface area (Å²) in [5.74, 6) is 0. The monoisotopic (exact) mass is 601 g/mol. The highest BCUT2D eigenvalue weighted by Gasteiger charge is 2.13. The fourth-order valence-electron chi connectivity index (χ4n) is 6.82. The summed E-state index contributed by atoms with van der Waals surface area (Å²) in [6, 6.07) is 45.8. The molecule has 6 aromatic carbocycles. The van der Waals surface area contributed by atoms with Crippen LogP contribution in [0.2, 0.25) is 0 Å². The molecule has 0 fully saturated rings. The van der Waals surface area contributed by atoms with E-state index in [1.54, 1.807) is 0 Å². The van der Waals surface area contributed by atoms with Crippen LogP contribution in [0.25, 0.3) is 43.4 Å². The Morgan fingerprint density at radius 2 is 1.09 bits per heavy atom. The molecule has 0 spiro atoms. The van der Waals surface area contributed by atoms with Gasteiger partial charge in [-0.2, -0.15) is 5.10 Å². The molecule has 7 aromatic rings. The average Bonchev–Trinajstić information content (AvgIpc) is 3.42. The van der Waals surface area contributed by atoms with E-state index in [9.17, 15) is 0 Å². The van der Waals surface area contributed by atoms with Gasteiger partial charge in [0.25, 0.3) is 0 Å². The zero-order valence-electron chi connectivity index (χ0n) is 26.9. The molecular formula is C43H43N3. The molecule has 0 atom stereocenters. The van der Waals surface area contributed by atoms with E-state index >= 15 is 0 Å². The van der Waals surface area contributed by atoms with Crippen molar-refractivity contribution >= 4 is 60.9 Å². The van der Waals surface area contributed by atoms with Crippen LogP contribution in [0.5, 0.6) is 0 Å². The number of aryl methyl sites for hydroxylation is 1. The van der Waals surface area contributed by atoms with Gasteiger partial charge in [-0.05, 0) is 76.0 Å². The van der Waals surface area contributed by atoms with Crippen LogP contribution < -0.4 is 5.01 Å². The van der Waals surface area contributed by atoms with E-state index in [1.807, 2.05) is 6.21 Å². The first-order valence-corrected chi connectivity index (χ1v) is 17.1. The summed E-state index contributed by atoms with van der Waals surface area (Å²) in [6.45, 7) is 3.35. The molecule has 0 radical (unpaired) electrons. The lowest BCUT2D eigenvalue weighted by Crippen LogP contribution is -2.09. The van der Waals surface area contributed by atoms with E-state index in [2.05, 4.69) is 144 Å². The third-order valence-corrected chi connectivity index (χ3v) is 9.31. The van der Waals surface area contributed by atoms with Crippen molar-refractivity contribution in [2.24, 2.45) is 5.10 Å². The van der Waals surface area contributed by atoms with Gasteiger partial charge < -0.3 is 4.57 Å². The Hall–Kier alpha value is -4.89. The van der Waals surface area contributed by atoms with Crippen molar-refractivity contribution in [3.05, 3.63) is 133 Å². The standard InChI is InChI=1S/C43H43N3/c1-2-3-4-5-6-7-8-15-28-45-42-21-14-13-20-40(42)41-29-33(22-27-43(41)45)32-44-46(38-25-23-34-16-9-11-18-36(34)30-38)39-26-24-35-17-10-12-19-37(35)31-39/h9-14,16-27,29-32H,2-8,15,28H2,1H3/b44-32-. The van der Waals surface area contributed by atoms with E-state index in [0.29, 0.717) is 0 Å². The summed E-state index contributed by atoms with van der Waals surface area (Å²) < 4.78 is 2.53. The van der Waals surface area contributed by atoms with Crippen molar-refractivity contribution in [1.82, 2.24) is 4.57 Å². The third-order valence-electron chi connectivity index (χ3n) is 9.31. The number of anilines is 2. The molecule has 0 saturated carbocycles. The summed E-state index contributed by atoms with van der Waals surface area (Å²) in [4.78, 5) is 0. The molecule has 230 valence electrons. The van der Waals surface area contributed by atoms with Crippen LogP contribution in [0.3, 0.4) is 0 Å². The van der Waals surface area contributed by atoms with Gasteiger partial charge in [0.15, 0.2) is 0 Å². The number of hydrazone groups is 1. The van der Waals surface area contributed by atoms with Crippen LogP contribution in [-0.2, 0) is 6.54 Å². The molecule has 1 heterocycles. The first-order chi connectivity index (χ1) is 22.8. The van der Waals surface area contributed by atoms with Gasteiger partial charge in [0, 0.05) is 28.4 Å². The van der Waals surface area contributed by atoms with Crippen LogP contribution in [0, 0.1) is 0 Å². The summed E-state index contributed by atoms with van der Waals surface area (Å²) in [5.41, 5.74) is 5.79. The zero-order valence-corrected chi connectivity index (χ0v) is 26.9. The number of unbranched alkanes of at least 4 members (excludes halogenated alkanes) is 7. The molecule has 0 bridgehead atoms. The van der Waals surface area contributed by atoms with Gasteiger partial charge >= 0.3 is 0 Å². The van der Waals surface area contributed by atoms with Crippen molar-refractivity contribution in [2.75, 3.05) is 5.01 Å². The van der Waals surface area contributed by atoms with Gasteiger partial charge in [-0.3, -0.25) is 0 Å². The molecule has 0 saturated heterocycles. The van der Waals surface area contributed by atoms with Crippen LogP contribution in [-0.4, -0.2) is 10.8 Å². The summed E-state index contributed by atoms with van der Waals surface area (Å²) >= 11 is 0. The number of nitrogens with zero attached hydrogens (tertiary/aromatic N) is 3. The largest absolute Gasteiger partial charge is 0.340 e. The van der Waals surface area contributed by atoms with Crippen molar-refractivity contribution in [1.29, 1.82) is 0 Å². The fourth-order valence-corrected chi connectivity index (χ4v) is 6.82. The second-order valence-electron chi connectivity index (χ2n) is 12.5. The fraction of sp³-hybridized carbons (Fsp3) is 0.233. The van der Waals surface area contributed by atoms with E-state index in [4.69, 9.17) is 5.10 Å². The number of benzene rings is 6. The maximum atomic E-state index is 5.14. The van der Waals surface area contributed by atoms with E-state index < -0.39 is 0 Å². The number of hydrogen-bond acceptors (Lipinski definition) is 2.